The standard InChI is InChI=1S/C23H21N3O4.ClH/c1-11-15(13-4-5-14-8-18(24)21(27)25-19(14)9-13)6-7-26-20(11)16(12-2-3-12)10-17(22(26)28)23(29)30;/h4-7,9-10,12,18H,2-3,8,24H2,1H3,(H,25,27)(H,29,30);1H. The van der Waals surface area contributed by atoms with Gasteiger partial charge in [0, 0.05) is 11.9 Å². The fraction of sp³-hybridized carbons (Fsp3) is 0.261. The van der Waals surface area contributed by atoms with Crippen LogP contribution in [0.15, 0.2) is 41.3 Å². The van der Waals surface area contributed by atoms with Crippen LogP contribution in [-0.4, -0.2) is 27.4 Å². The van der Waals surface area contributed by atoms with Crippen LogP contribution in [0.3, 0.4) is 0 Å². The van der Waals surface area contributed by atoms with Crippen LogP contribution < -0.4 is 16.6 Å². The number of pyridine rings is 2. The molecule has 1 amide bonds. The molecule has 0 radical (unpaired) electrons. The number of nitrogens with two attached hydrogens (primary N) is 1. The van der Waals surface area contributed by atoms with Crippen LogP contribution in [0.4, 0.5) is 5.69 Å². The van der Waals surface area contributed by atoms with Crippen molar-refractivity contribution in [3.63, 3.8) is 0 Å². The molecule has 160 valence electrons. The SMILES string of the molecule is Cc1c(-c2ccc3c(c2)NC(=O)C(N)C3)ccn2c(=O)c(C(=O)O)cc(C3CC3)c12.Cl. The van der Waals surface area contributed by atoms with Crippen LogP contribution >= 0.6 is 12.4 Å². The molecule has 1 saturated carbocycles. The summed E-state index contributed by atoms with van der Waals surface area (Å²) in [5.74, 6) is -1.13. The van der Waals surface area contributed by atoms with Gasteiger partial charge in [-0.3, -0.25) is 14.0 Å². The van der Waals surface area contributed by atoms with Crippen LogP contribution in [0.1, 0.15) is 45.8 Å². The molecule has 1 unspecified atom stereocenters. The minimum atomic E-state index is -1.21. The molecule has 1 aliphatic heterocycles. The second-order valence-electron chi connectivity index (χ2n) is 8.14. The van der Waals surface area contributed by atoms with Crippen molar-refractivity contribution in [2.24, 2.45) is 5.73 Å². The molecule has 0 bridgehead atoms. The minimum Gasteiger partial charge on any atom is -0.477 e. The van der Waals surface area contributed by atoms with Crippen molar-refractivity contribution in [1.82, 2.24) is 4.40 Å². The van der Waals surface area contributed by atoms with Gasteiger partial charge in [0.15, 0.2) is 0 Å². The van der Waals surface area contributed by atoms with Gasteiger partial charge in [-0.05, 0) is 78.1 Å². The van der Waals surface area contributed by atoms with Crippen molar-refractivity contribution in [3.8, 4) is 11.1 Å². The van der Waals surface area contributed by atoms with Crippen LogP contribution in [0.2, 0.25) is 0 Å². The number of amides is 1. The van der Waals surface area contributed by atoms with Crippen LogP contribution in [0.5, 0.6) is 0 Å². The zero-order valence-corrected chi connectivity index (χ0v) is 17.7. The second-order valence-corrected chi connectivity index (χ2v) is 8.14. The molecule has 7 nitrogen and oxygen atoms in total. The number of halogens is 1. The quantitative estimate of drug-likeness (QED) is 0.580. The number of aromatic carboxylic acids is 1. The van der Waals surface area contributed by atoms with Crippen molar-refractivity contribution in [3.05, 3.63) is 69.1 Å². The number of carboxylic acid groups (broad SMARTS) is 1. The molecule has 0 spiro atoms. The van der Waals surface area contributed by atoms with Crippen molar-refractivity contribution < 1.29 is 14.7 Å². The monoisotopic (exact) mass is 439 g/mol. The van der Waals surface area contributed by atoms with Gasteiger partial charge >= 0.3 is 5.97 Å². The molecule has 3 heterocycles. The van der Waals surface area contributed by atoms with Gasteiger partial charge in [-0.1, -0.05) is 12.1 Å². The van der Waals surface area contributed by atoms with Crippen molar-refractivity contribution in [2.75, 3.05) is 5.32 Å². The van der Waals surface area contributed by atoms with Gasteiger partial charge in [0.25, 0.3) is 5.56 Å². The van der Waals surface area contributed by atoms with Crippen LogP contribution in [-0.2, 0) is 11.2 Å². The highest BCUT2D eigenvalue weighted by Crippen LogP contribution is 2.43. The van der Waals surface area contributed by atoms with E-state index in [0.717, 1.165) is 51.9 Å². The molecule has 2 aromatic heterocycles. The molecule has 31 heavy (non-hydrogen) atoms. The molecule has 1 fully saturated rings. The Morgan fingerprint density at radius 3 is 2.61 bits per heavy atom. The first-order chi connectivity index (χ1) is 14.3. The number of benzene rings is 1. The molecule has 5 rings (SSSR count). The first-order valence-corrected chi connectivity index (χ1v) is 9.97. The van der Waals surface area contributed by atoms with E-state index in [1.165, 1.54) is 4.40 Å². The van der Waals surface area contributed by atoms with E-state index in [2.05, 4.69) is 5.32 Å². The maximum atomic E-state index is 12.7. The normalized spacial score (nSPS) is 17.6. The summed E-state index contributed by atoms with van der Waals surface area (Å²) < 4.78 is 1.45. The third-order valence-electron chi connectivity index (χ3n) is 6.12. The smallest absolute Gasteiger partial charge is 0.341 e. The Bertz CT molecular complexity index is 1310. The Balaban J connectivity index is 0.00000231. The number of aryl methyl sites for hydroxylation is 1. The number of fused-ring (bicyclic) bond motifs is 2. The number of carbonyl (C=O) groups is 2. The lowest BCUT2D eigenvalue weighted by Crippen LogP contribution is -2.41. The average Bonchev–Trinajstić information content (AvgIpc) is 3.54. The van der Waals surface area contributed by atoms with E-state index in [1.54, 1.807) is 12.3 Å². The summed E-state index contributed by atoms with van der Waals surface area (Å²) >= 11 is 0. The molecular formula is C23H22ClN3O4. The first-order valence-electron chi connectivity index (χ1n) is 9.97. The lowest BCUT2D eigenvalue weighted by molar-refractivity contribution is -0.117. The maximum absolute atomic E-state index is 12.7. The molecular weight excluding hydrogens is 418 g/mol. The molecule has 2 aliphatic rings. The van der Waals surface area contributed by atoms with Gasteiger partial charge in [-0.2, -0.15) is 0 Å². The van der Waals surface area contributed by atoms with E-state index >= 15 is 0 Å². The van der Waals surface area contributed by atoms with E-state index in [9.17, 15) is 19.5 Å². The lowest BCUT2D eigenvalue weighted by atomic mass is 9.93. The topological polar surface area (TPSA) is 114 Å². The number of hydrogen-bond donors (Lipinski definition) is 3. The second kappa shape index (κ2) is 7.51. The number of aromatic nitrogens is 1. The number of nitrogens with one attached hydrogen (secondary N) is 1. The van der Waals surface area contributed by atoms with E-state index in [0.29, 0.717) is 6.42 Å². The summed E-state index contributed by atoms with van der Waals surface area (Å²) in [7, 11) is 0. The molecule has 3 aromatic rings. The highest BCUT2D eigenvalue weighted by atomic mass is 35.5. The fourth-order valence-electron chi connectivity index (χ4n) is 4.36. The molecule has 8 heteroatoms. The summed E-state index contributed by atoms with van der Waals surface area (Å²) in [5, 5.41) is 12.3. The maximum Gasteiger partial charge on any atom is 0.341 e. The largest absolute Gasteiger partial charge is 0.477 e. The van der Waals surface area contributed by atoms with E-state index in [4.69, 9.17) is 5.73 Å². The van der Waals surface area contributed by atoms with E-state index in [1.807, 2.05) is 31.2 Å². The molecule has 4 N–H and O–H groups in total. The Labute approximate surface area is 184 Å². The average molecular weight is 440 g/mol. The Hall–Kier alpha value is -3.16. The summed E-state index contributed by atoms with van der Waals surface area (Å²) in [5.41, 5.74) is 11.3. The van der Waals surface area contributed by atoms with Gasteiger partial charge in [0.2, 0.25) is 5.91 Å². The van der Waals surface area contributed by atoms with Gasteiger partial charge in [-0.15, -0.1) is 12.4 Å². The number of carboxylic acids is 1. The van der Waals surface area contributed by atoms with Crippen LogP contribution in [0, 0.1) is 6.92 Å². The summed E-state index contributed by atoms with van der Waals surface area (Å²) in [6.45, 7) is 1.95. The number of carbonyl (C=O) groups excluding carboxylic acids is 1. The lowest BCUT2D eigenvalue weighted by Gasteiger charge is -2.23. The predicted molar refractivity (Wildman–Crippen MR) is 120 cm³/mol. The van der Waals surface area contributed by atoms with Crippen LogP contribution in [0.25, 0.3) is 16.6 Å². The molecule has 1 aromatic carbocycles. The Morgan fingerprint density at radius 1 is 1.19 bits per heavy atom. The summed E-state index contributed by atoms with van der Waals surface area (Å²) in [6.07, 6.45) is 4.12. The number of anilines is 1. The van der Waals surface area contributed by atoms with Crippen molar-refractivity contribution >= 4 is 35.5 Å². The summed E-state index contributed by atoms with van der Waals surface area (Å²) in [6, 6.07) is 8.71. The zero-order valence-electron chi connectivity index (χ0n) is 16.8. The Morgan fingerprint density at radius 2 is 1.94 bits per heavy atom. The number of hydrogen-bond acceptors (Lipinski definition) is 4. The third-order valence-corrected chi connectivity index (χ3v) is 6.12. The van der Waals surface area contributed by atoms with Crippen molar-refractivity contribution in [1.29, 1.82) is 0 Å². The van der Waals surface area contributed by atoms with E-state index in [-0.39, 0.29) is 29.8 Å². The van der Waals surface area contributed by atoms with Gasteiger partial charge < -0.3 is 16.2 Å². The molecule has 1 atom stereocenters. The van der Waals surface area contributed by atoms with Gasteiger partial charge in [-0.25, -0.2) is 4.79 Å². The minimum absolute atomic E-state index is 0. The van der Waals surface area contributed by atoms with Gasteiger partial charge in [0.1, 0.15) is 5.56 Å². The first kappa shape index (κ1) is 21.1. The molecule has 0 saturated heterocycles. The third kappa shape index (κ3) is 3.40. The highest BCUT2D eigenvalue weighted by molar-refractivity contribution is 5.98. The Kier molecular flexibility index (Phi) is 5.11. The van der Waals surface area contributed by atoms with Crippen molar-refractivity contribution in [2.45, 2.75) is 38.1 Å². The molecule has 1 aliphatic carbocycles. The highest BCUT2D eigenvalue weighted by Gasteiger charge is 2.29. The van der Waals surface area contributed by atoms with Gasteiger partial charge in [0.05, 0.1) is 11.6 Å². The summed E-state index contributed by atoms with van der Waals surface area (Å²) in [4.78, 5) is 36.3. The predicted octanol–water partition coefficient (Wildman–Crippen LogP) is 3.09. The fourth-order valence-corrected chi connectivity index (χ4v) is 4.36. The number of rotatable bonds is 3. The van der Waals surface area contributed by atoms with E-state index < -0.39 is 17.6 Å². The zero-order chi connectivity index (χ0) is 21.2. The number of nitrogens with zero attached hydrogens (tertiary/aromatic N) is 1.